The lowest BCUT2D eigenvalue weighted by molar-refractivity contribution is 0.409. The lowest BCUT2D eigenvalue weighted by atomic mass is 10.2. The van der Waals surface area contributed by atoms with Crippen LogP contribution >= 0.6 is 24.0 Å². The number of hydrogen-bond acceptors (Lipinski definition) is 3. The van der Waals surface area contributed by atoms with E-state index in [4.69, 9.17) is 4.74 Å². The zero-order valence-corrected chi connectivity index (χ0v) is 8.58. The molecule has 13 heavy (non-hydrogen) atoms. The van der Waals surface area contributed by atoms with E-state index in [-0.39, 0.29) is 5.82 Å². The van der Waals surface area contributed by atoms with Crippen molar-refractivity contribution in [2.75, 3.05) is 7.11 Å². The van der Waals surface area contributed by atoms with Gasteiger partial charge in [-0.15, -0.1) is 24.0 Å². The van der Waals surface area contributed by atoms with Gasteiger partial charge in [0, 0.05) is 15.0 Å². The first kappa shape index (κ1) is 8.84. The van der Waals surface area contributed by atoms with Gasteiger partial charge in [0.2, 0.25) is 0 Å². The zero-order valence-electron chi connectivity index (χ0n) is 6.87. The average molecular weight is 214 g/mol. The minimum absolute atomic E-state index is 0.243. The highest BCUT2D eigenvalue weighted by molar-refractivity contribution is 7.80. The highest BCUT2D eigenvalue weighted by atomic mass is 32.1. The van der Waals surface area contributed by atoms with Gasteiger partial charge in [-0.3, -0.25) is 0 Å². The van der Waals surface area contributed by atoms with Crippen LogP contribution in [0.2, 0.25) is 0 Å². The molecule has 0 spiro atoms. The van der Waals surface area contributed by atoms with Crippen molar-refractivity contribution in [3.8, 4) is 5.75 Å². The SMILES string of the molecule is COc1c(S)ccc2scc(F)c12. The number of thiol groups is 1. The summed E-state index contributed by atoms with van der Waals surface area (Å²) in [6, 6.07) is 3.65. The molecule has 0 amide bonds. The first-order valence-electron chi connectivity index (χ1n) is 3.66. The molecule has 0 fully saturated rings. The van der Waals surface area contributed by atoms with Gasteiger partial charge in [0.15, 0.2) is 0 Å². The van der Waals surface area contributed by atoms with Gasteiger partial charge < -0.3 is 4.74 Å². The van der Waals surface area contributed by atoms with Crippen LogP contribution in [0, 0.1) is 5.82 Å². The predicted molar refractivity (Wildman–Crippen MR) is 55.6 cm³/mol. The van der Waals surface area contributed by atoms with E-state index in [2.05, 4.69) is 12.6 Å². The molecule has 2 rings (SSSR count). The summed E-state index contributed by atoms with van der Waals surface area (Å²) in [5.41, 5.74) is 0. The summed E-state index contributed by atoms with van der Waals surface area (Å²) >= 11 is 5.55. The molecule has 68 valence electrons. The van der Waals surface area contributed by atoms with Crippen molar-refractivity contribution in [2.45, 2.75) is 4.90 Å². The maximum Gasteiger partial charge on any atom is 0.145 e. The molecule has 1 nitrogen and oxygen atoms in total. The Morgan fingerprint density at radius 2 is 2.23 bits per heavy atom. The van der Waals surface area contributed by atoms with Crippen molar-refractivity contribution in [1.29, 1.82) is 0 Å². The van der Waals surface area contributed by atoms with E-state index >= 15 is 0 Å². The summed E-state index contributed by atoms with van der Waals surface area (Å²) in [4.78, 5) is 0.660. The van der Waals surface area contributed by atoms with Gasteiger partial charge in [-0.25, -0.2) is 4.39 Å². The quantitative estimate of drug-likeness (QED) is 0.716. The first-order valence-corrected chi connectivity index (χ1v) is 4.99. The highest BCUT2D eigenvalue weighted by Crippen LogP contribution is 2.36. The predicted octanol–water partition coefficient (Wildman–Crippen LogP) is 3.34. The highest BCUT2D eigenvalue weighted by Gasteiger charge is 2.11. The van der Waals surface area contributed by atoms with E-state index in [1.807, 2.05) is 6.07 Å². The van der Waals surface area contributed by atoms with Gasteiger partial charge in [0.05, 0.1) is 12.5 Å². The van der Waals surface area contributed by atoms with Crippen LogP contribution < -0.4 is 4.74 Å². The first-order chi connectivity index (χ1) is 6.24. The monoisotopic (exact) mass is 214 g/mol. The van der Waals surface area contributed by atoms with Crippen molar-refractivity contribution in [3.63, 3.8) is 0 Å². The minimum Gasteiger partial charge on any atom is -0.495 e. The molecule has 0 unspecified atom stereocenters. The third-order valence-corrected chi connectivity index (χ3v) is 3.10. The second kappa shape index (κ2) is 3.20. The summed E-state index contributed by atoms with van der Waals surface area (Å²) in [7, 11) is 1.52. The molecule has 0 aliphatic carbocycles. The van der Waals surface area contributed by atoms with Gasteiger partial charge in [-0.1, -0.05) is 0 Å². The lowest BCUT2D eigenvalue weighted by Crippen LogP contribution is -1.86. The Bertz CT molecular complexity index is 450. The molecule has 0 radical (unpaired) electrons. The second-order valence-electron chi connectivity index (χ2n) is 2.57. The zero-order chi connectivity index (χ0) is 9.42. The van der Waals surface area contributed by atoms with Gasteiger partial charge in [0.25, 0.3) is 0 Å². The molecule has 0 N–H and O–H groups in total. The van der Waals surface area contributed by atoms with Crippen LogP contribution in [0.1, 0.15) is 0 Å². The molecule has 2 aromatic rings. The Kier molecular flexibility index (Phi) is 2.17. The number of ether oxygens (including phenoxy) is 1. The van der Waals surface area contributed by atoms with E-state index in [9.17, 15) is 4.39 Å². The third-order valence-electron chi connectivity index (χ3n) is 1.83. The van der Waals surface area contributed by atoms with Gasteiger partial charge >= 0.3 is 0 Å². The van der Waals surface area contributed by atoms with Crippen LogP contribution in [0.3, 0.4) is 0 Å². The fourth-order valence-corrected chi connectivity index (χ4v) is 2.34. The molecule has 1 aromatic heterocycles. The van der Waals surface area contributed by atoms with E-state index in [0.29, 0.717) is 16.0 Å². The van der Waals surface area contributed by atoms with Crippen LogP contribution in [-0.4, -0.2) is 7.11 Å². The fourth-order valence-electron chi connectivity index (χ4n) is 1.26. The third kappa shape index (κ3) is 1.30. The molecule has 4 heteroatoms. The maximum absolute atomic E-state index is 13.3. The smallest absolute Gasteiger partial charge is 0.145 e. The number of thiophene rings is 1. The van der Waals surface area contributed by atoms with E-state index in [1.165, 1.54) is 23.8 Å². The largest absolute Gasteiger partial charge is 0.495 e. The Morgan fingerprint density at radius 1 is 1.46 bits per heavy atom. The number of hydrogen-bond donors (Lipinski definition) is 1. The number of methoxy groups -OCH3 is 1. The van der Waals surface area contributed by atoms with Crippen molar-refractivity contribution in [3.05, 3.63) is 23.3 Å². The summed E-state index contributed by atoms with van der Waals surface area (Å²) in [6.45, 7) is 0. The van der Waals surface area contributed by atoms with Crippen molar-refractivity contribution < 1.29 is 9.13 Å². The Morgan fingerprint density at radius 3 is 2.92 bits per heavy atom. The minimum atomic E-state index is -0.243. The fraction of sp³-hybridized carbons (Fsp3) is 0.111. The van der Waals surface area contributed by atoms with Crippen molar-refractivity contribution >= 4 is 34.1 Å². The van der Waals surface area contributed by atoms with Gasteiger partial charge in [-0.2, -0.15) is 0 Å². The number of benzene rings is 1. The molecule has 1 heterocycles. The van der Waals surface area contributed by atoms with Gasteiger partial charge in [0.1, 0.15) is 11.6 Å². The normalized spacial score (nSPS) is 10.7. The summed E-state index contributed by atoms with van der Waals surface area (Å²) < 4.78 is 19.2. The molecule has 1 aromatic carbocycles. The summed E-state index contributed by atoms with van der Waals surface area (Å²) in [5.74, 6) is 0.271. The lowest BCUT2D eigenvalue weighted by Gasteiger charge is -2.04. The molecule has 0 bridgehead atoms. The van der Waals surface area contributed by atoms with Crippen LogP contribution in [0.25, 0.3) is 10.1 Å². The van der Waals surface area contributed by atoms with Crippen LogP contribution in [-0.2, 0) is 0 Å². The topological polar surface area (TPSA) is 9.23 Å². The maximum atomic E-state index is 13.3. The Labute approximate surface area is 84.6 Å². The average Bonchev–Trinajstić information content (AvgIpc) is 2.49. The Hall–Kier alpha value is -0.740. The van der Waals surface area contributed by atoms with Crippen LogP contribution in [0.15, 0.2) is 22.4 Å². The molecular formula is C9H7FOS2. The molecule has 0 aliphatic heterocycles. The van der Waals surface area contributed by atoms with Crippen LogP contribution in [0.5, 0.6) is 5.75 Å². The van der Waals surface area contributed by atoms with Crippen LogP contribution in [0.4, 0.5) is 4.39 Å². The molecule has 0 aliphatic rings. The van der Waals surface area contributed by atoms with E-state index in [0.717, 1.165) is 4.70 Å². The Balaban J connectivity index is 2.88. The number of halogens is 1. The molecular weight excluding hydrogens is 207 g/mol. The molecule has 0 saturated heterocycles. The van der Waals surface area contributed by atoms with Crippen molar-refractivity contribution in [2.24, 2.45) is 0 Å². The summed E-state index contributed by atoms with van der Waals surface area (Å²) in [6.07, 6.45) is 0. The summed E-state index contributed by atoms with van der Waals surface area (Å²) in [5, 5.41) is 2.00. The van der Waals surface area contributed by atoms with Gasteiger partial charge in [-0.05, 0) is 12.1 Å². The standard InChI is InChI=1S/C9H7FOS2/c1-11-9-6(12)2-3-7-8(9)5(10)4-13-7/h2-4,12H,1H3. The van der Waals surface area contributed by atoms with Crippen molar-refractivity contribution in [1.82, 2.24) is 0 Å². The molecule has 0 atom stereocenters. The molecule has 0 saturated carbocycles. The second-order valence-corrected chi connectivity index (χ2v) is 3.97. The number of rotatable bonds is 1. The number of fused-ring (bicyclic) bond motifs is 1. The van der Waals surface area contributed by atoms with E-state index in [1.54, 1.807) is 6.07 Å². The van der Waals surface area contributed by atoms with E-state index < -0.39 is 0 Å².